The molecule has 0 spiro atoms. The van der Waals surface area contributed by atoms with Crippen LogP contribution in [0.25, 0.3) is 0 Å². The largest absolute Gasteiger partial charge is 0.347 e. The van der Waals surface area contributed by atoms with Crippen molar-refractivity contribution < 1.29 is 14.0 Å². The van der Waals surface area contributed by atoms with E-state index < -0.39 is 11.2 Å². The quantitative estimate of drug-likeness (QED) is 0.411. The van der Waals surface area contributed by atoms with Gasteiger partial charge in [0, 0.05) is 12.2 Å². The topological polar surface area (TPSA) is 73.2 Å². The summed E-state index contributed by atoms with van der Waals surface area (Å²) >= 11 is 1.19. The molecule has 4 rings (SSSR count). The lowest BCUT2D eigenvalue weighted by molar-refractivity contribution is -0.117. The van der Waals surface area contributed by atoms with Crippen LogP contribution in [0.2, 0.25) is 0 Å². The van der Waals surface area contributed by atoms with Crippen molar-refractivity contribution in [1.82, 2.24) is 5.32 Å². The molecule has 3 aromatic rings. The summed E-state index contributed by atoms with van der Waals surface area (Å²) in [6, 6.07) is 24.7. The molecule has 0 bridgehead atoms. The minimum Gasteiger partial charge on any atom is -0.347 e. The van der Waals surface area contributed by atoms with Crippen LogP contribution in [0.3, 0.4) is 0 Å². The van der Waals surface area contributed by atoms with Crippen LogP contribution in [0.1, 0.15) is 16.7 Å². The summed E-state index contributed by atoms with van der Waals surface area (Å²) in [5, 5.41) is 12.4. The standard InChI is InChI=1S/C27H22FN3O2S/c1-18-7-13-22(14-8-18)31-26(33)24(15-19-9-11-21(28)12-10-19)34-27(31)23(16-29)25(32)30-17-20-5-3-2-4-6-20/h2-14,24H,15,17H2,1H3,(H,30,32)/b27-23-/t24-/m0/s1. The lowest BCUT2D eigenvalue weighted by Crippen LogP contribution is -2.32. The van der Waals surface area contributed by atoms with E-state index in [1.54, 1.807) is 24.3 Å². The number of hydrogen-bond acceptors (Lipinski definition) is 4. The summed E-state index contributed by atoms with van der Waals surface area (Å²) in [4.78, 5) is 27.9. The Balaban J connectivity index is 1.66. The van der Waals surface area contributed by atoms with E-state index in [0.717, 1.165) is 16.7 Å². The predicted octanol–water partition coefficient (Wildman–Crippen LogP) is 4.88. The number of benzene rings is 3. The highest BCUT2D eigenvalue weighted by Crippen LogP contribution is 2.42. The number of nitrogens with zero attached hydrogens (tertiary/aromatic N) is 2. The molecular formula is C27H22FN3O2S. The Bertz CT molecular complexity index is 1270. The Labute approximate surface area is 201 Å². The smallest absolute Gasteiger partial charge is 0.264 e. The Morgan fingerprint density at radius 2 is 1.71 bits per heavy atom. The second kappa shape index (κ2) is 10.4. The monoisotopic (exact) mass is 471 g/mol. The molecule has 1 atom stereocenters. The number of carbonyl (C=O) groups excluding carboxylic acids is 2. The molecule has 0 unspecified atom stereocenters. The number of thioether (sulfide) groups is 1. The number of halogens is 1. The van der Waals surface area contributed by atoms with Gasteiger partial charge in [-0.15, -0.1) is 0 Å². The van der Waals surface area contributed by atoms with Gasteiger partial charge in [0.05, 0.1) is 5.25 Å². The maximum atomic E-state index is 13.5. The van der Waals surface area contributed by atoms with Crippen LogP contribution in [0.15, 0.2) is 89.5 Å². The first kappa shape index (κ1) is 23.3. The van der Waals surface area contributed by atoms with Crippen LogP contribution in [0.5, 0.6) is 0 Å². The van der Waals surface area contributed by atoms with Gasteiger partial charge in [-0.05, 0) is 48.7 Å². The normalized spacial score (nSPS) is 16.8. The van der Waals surface area contributed by atoms with Gasteiger partial charge in [0.1, 0.15) is 22.5 Å². The van der Waals surface area contributed by atoms with Crippen molar-refractivity contribution in [3.05, 3.63) is 112 Å². The zero-order chi connectivity index (χ0) is 24.1. The number of nitriles is 1. The number of rotatable bonds is 6. The number of amides is 2. The van der Waals surface area contributed by atoms with Crippen molar-refractivity contribution in [3.8, 4) is 6.07 Å². The van der Waals surface area contributed by atoms with E-state index >= 15 is 0 Å². The lowest BCUT2D eigenvalue weighted by atomic mass is 10.1. The van der Waals surface area contributed by atoms with Crippen LogP contribution in [0.4, 0.5) is 10.1 Å². The molecular weight excluding hydrogens is 449 g/mol. The van der Waals surface area contributed by atoms with Crippen molar-refractivity contribution in [3.63, 3.8) is 0 Å². The summed E-state index contributed by atoms with van der Waals surface area (Å²) in [6.07, 6.45) is 0.347. The minimum absolute atomic E-state index is 0.114. The van der Waals surface area contributed by atoms with Gasteiger partial charge >= 0.3 is 0 Å². The van der Waals surface area contributed by atoms with E-state index in [1.165, 1.54) is 28.8 Å². The van der Waals surface area contributed by atoms with Crippen molar-refractivity contribution in [2.24, 2.45) is 0 Å². The zero-order valence-electron chi connectivity index (χ0n) is 18.5. The molecule has 170 valence electrons. The fourth-order valence-electron chi connectivity index (χ4n) is 3.62. The highest BCUT2D eigenvalue weighted by atomic mass is 32.2. The van der Waals surface area contributed by atoms with Crippen molar-refractivity contribution in [2.75, 3.05) is 4.90 Å². The molecule has 7 heteroatoms. The van der Waals surface area contributed by atoms with Crippen molar-refractivity contribution >= 4 is 29.3 Å². The molecule has 0 radical (unpaired) electrons. The first-order valence-electron chi connectivity index (χ1n) is 10.7. The first-order chi connectivity index (χ1) is 16.5. The third-order valence-corrected chi connectivity index (χ3v) is 6.69. The third-order valence-electron chi connectivity index (χ3n) is 5.43. The second-order valence-corrected chi connectivity index (χ2v) is 9.10. The molecule has 2 amide bonds. The molecule has 5 nitrogen and oxygen atoms in total. The number of nitrogens with one attached hydrogen (secondary N) is 1. The molecule has 1 aliphatic heterocycles. The van der Waals surface area contributed by atoms with E-state index in [2.05, 4.69) is 5.32 Å². The fraction of sp³-hybridized carbons (Fsp3) is 0.148. The first-order valence-corrected chi connectivity index (χ1v) is 11.6. The van der Waals surface area contributed by atoms with E-state index in [9.17, 15) is 19.2 Å². The van der Waals surface area contributed by atoms with Crippen LogP contribution in [0, 0.1) is 24.1 Å². The Morgan fingerprint density at radius 3 is 2.35 bits per heavy atom. The second-order valence-electron chi connectivity index (χ2n) is 7.91. The molecule has 0 aromatic heterocycles. The summed E-state index contributed by atoms with van der Waals surface area (Å²) < 4.78 is 13.3. The predicted molar refractivity (Wildman–Crippen MR) is 131 cm³/mol. The maximum absolute atomic E-state index is 13.5. The van der Waals surface area contributed by atoms with Crippen LogP contribution < -0.4 is 10.2 Å². The van der Waals surface area contributed by atoms with E-state index in [0.29, 0.717) is 17.1 Å². The average molecular weight is 472 g/mol. The zero-order valence-corrected chi connectivity index (χ0v) is 19.3. The van der Waals surface area contributed by atoms with Crippen LogP contribution >= 0.6 is 11.8 Å². The number of hydrogen-bond donors (Lipinski definition) is 1. The number of carbonyl (C=O) groups is 2. The Hall–Kier alpha value is -3.89. The number of aryl methyl sites for hydroxylation is 1. The molecule has 34 heavy (non-hydrogen) atoms. The molecule has 1 heterocycles. The SMILES string of the molecule is Cc1ccc(N2C(=O)[C@H](Cc3ccc(F)cc3)S/C2=C(/C#N)C(=O)NCc2ccccc2)cc1. The van der Waals surface area contributed by atoms with Gasteiger partial charge in [-0.3, -0.25) is 14.5 Å². The summed E-state index contributed by atoms with van der Waals surface area (Å²) in [7, 11) is 0. The maximum Gasteiger partial charge on any atom is 0.264 e. The highest BCUT2D eigenvalue weighted by molar-refractivity contribution is 8.05. The molecule has 1 N–H and O–H groups in total. The molecule has 3 aromatic carbocycles. The van der Waals surface area contributed by atoms with Crippen molar-refractivity contribution in [1.29, 1.82) is 5.26 Å². The van der Waals surface area contributed by atoms with Crippen LogP contribution in [-0.4, -0.2) is 17.1 Å². The summed E-state index contributed by atoms with van der Waals surface area (Å²) in [6.45, 7) is 2.20. The van der Waals surface area contributed by atoms with Crippen LogP contribution in [-0.2, 0) is 22.6 Å². The summed E-state index contributed by atoms with van der Waals surface area (Å²) in [5.41, 5.74) is 3.19. The van der Waals surface area contributed by atoms with Gasteiger partial charge in [0.25, 0.3) is 5.91 Å². The molecule has 0 saturated carbocycles. The van der Waals surface area contributed by atoms with Gasteiger partial charge < -0.3 is 5.32 Å². The molecule has 0 aliphatic carbocycles. The fourth-order valence-corrected chi connectivity index (χ4v) is 4.93. The summed E-state index contributed by atoms with van der Waals surface area (Å²) in [5.74, 6) is -1.11. The highest BCUT2D eigenvalue weighted by Gasteiger charge is 2.40. The Morgan fingerprint density at radius 1 is 1.03 bits per heavy atom. The average Bonchev–Trinajstić information content (AvgIpc) is 3.16. The van der Waals surface area contributed by atoms with E-state index in [-0.39, 0.29) is 23.8 Å². The lowest BCUT2D eigenvalue weighted by Gasteiger charge is -2.19. The molecule has 1 fully saturated rings. The molecule has 1 saturated heterocycles. The van der Waals surface area contributed by atoms with E-state index in [4.69, 9.17) is 0 Å². The van der Waals surface area contributed by atoms with E-state index in [1.807, 2.05) is 55.5 Å². The van der Waals surface area contributed by atoms with Gasteiger partial charge in [0.15, 0.2) is 0 Å². The minimum atomic E-state index is -0.549. The number of anilines is 1. The van der Waals surface area contributed by atoms with Gasteiger partial charge in [-0.25, -0.2) is 4.39 Å². The van der Waals surface area contributed by atoms with Gasteiger partial charge in [-0.1, -0.05) is 71.9 Å². The van der Waals surface area contributed by atoms with Gasteiger partial charge in [-0.2, -0.15) is 5.26 Å². The Kier molecular flexibility index (Phi) is 7.09. The van der Waals surface area contributed by atoms with Crippen molar-refractivity contribution in [2.45, 2.75) is 25.1 Å². The molecule has 1 aliphatic rings. The van der Waals surface area contributed by atoms with Gasteiger partial charge in [0.2, 0.25) is 5.91 Å². The third kappa shape index (κ3) is 5.19.